The number of nitrogens with one attached hydrogen (secondary N) is 2. The van der Waals surface area contributed by atoms with Crippen molar-refractivity contribution < 1.29 is 9.90 Å². The molecule has 112 valence electrons. The molecule has 20 heavy (non-hydrogen) atoms. The second-order valence-corrected chi connectivity index (χ2v) is 5.71. The second kappa shape index (κ2) is 7.29. The molecule has 0 saturated carbocycles. The van der Waals surface area contributed by atoms with Gasteiger partial charge in [-0.1, -0.05) is 39.0 Å². The molecular formula is C16H26N2O2. The Hall–Kier alpha value is -1.55. The summed E-state index contributed by atoms with van der Waals surface area (Å²) < 4.78 is 0. The standard InChI is InChI=1S/C16H26N2O2/c1-5-16(4,10-11-19)18-15(20)17-14-9-7-6-8-13(14)12(2)3/h6-9,12,19H,5,10-11H2,1-4H3,(H2,17,18,20). The van der Waals surface area contributed by atoms with E-state index in [-0.39, 0.29) is 18.2 Å². The Labute approximate surface area is 121 Å². The summed E-state index contributed by atoms with van der Waals surface area (Å²) in [4.78, 5) is 12.1. The Kier molecular flexibility index (Phi) is 6.02. The third kappa shape index (κ3) is 4.53. The van der Waals surface area contributed by atoms with E-state index in [9.17, 15) is 4.79 Å². The van der Waals surface area contributed by atoms with E-state index in [0.29, 0.717) is 12.3 Å². The number of hydrogen-bond donors (Lipinski definition) is 3. The Morgan fingerprint density at radius 3 is 2.55 bits per heavy atom. The van der Waals surface area contributed by atoms with Gasteiger partial charge in [-0.25, -0.2) is 4.79 Å². The predicted octanol–water partition coefficient (Wildman–Crippen LogP) is 3.48. The van der Waals surface area contributed by atoms with Crippen LogP contribution in [0.4, 0.5) is 10.5 Å². The maximum Gasteiger partial charge on any atom is 0.319 e. The largest absolute Gasteiger partial charge is 0.396 e. The van der Waals surface area contributed by atoms with E-state index in [2.05, 4.69) is 24.5 Å². The topological polar surface area (TPSA) is 61.4 Å². The van der Waals surface area contributed by atoms with Gasteiger partial charge in [0.1, 0.15) is 0 Å². The number of para-hydroxylation sites is 1. The number of benzene rings is 1. The first-order chi connectivity index (χ1) is 9.41. The van der Waals surface area contributed by atoms with E-state index in [1.807, 2.05) is 38.1 Å². The molecule has 0 heterocycles. The number of carbonyl (C=O) groups is 1. The van der Waals surface area contributed by atoms with Gasteiger partial charge in [-0.05, 0) is 37.3 Å². The molecule has 1 atom stereocenters. The predicted molar refractivity (Wildman–Crippen MR) is 83.1 cm³/mol. The van der Waals surface area contributed by atoms with Gasteiger partial charge in [-0.2, -0.15) is 0 Å². The fourth-order valence-electron chi connectivity index (χ4n) is 2.12. The number of amides is 2. The van der Waals surface area contributed by atoms with Gasteiger partial charge in [0.2, 0.25) is 0 Å². The molecule has 0 aromatic heterocycles. The van der Waals surface area contributed by atoms with Crippen LogP contribution >= 0.6 is 0 Å². The van der Waals surface area contributed by atoms with Crippen molar-refractivity contribution in [3.63, 3.8) is 0 Å². The van der Waals surface area contributed by atoms with Crippen molar-refractivity contribution >= 4 is 11.7 Å². The minimum absolute atomic E-state index is 0.0627. The number of carbonyl (C=O) groups excluding carboxylic acids is 1. The van der Waals surface area contributed by atoms with Crippen molar-refractivity contribution in [1.29, 1.82) is 0 Å². The maximum atomic E-state index is 12.1. The molecule has 1 aromatic carbocycles. The van der Waals surface area contributed by atoms with Crippen LogP contribution in [0.3, 0.4) is 0 Å². The monoisotopic (exact) mass is 278 g/mol. The third-order valence-electron chi connectivity index (χ3n) is 3.69. The molecule has 4 nitrogen and oxygen atoms in total. The van der Waals surface area contributed by atoms with E-state index in [1.165, 1.54) is 0 Å². The Balaban J connectivity index is 2.76. The lowest BCUT2D eigenvalue weighted by Gasteiger charge is -2.29. The van der Waals surface area contributed by atoms with Gasteiger partial charge >= 0.3 is 6.03 Å². The lowest BCUT2D eigenvalue weighted by molar-refractivity contribution is 0.208. The lowest BCUT2D eigenvalue weighted by Crippen LogP contribution is -2.48. The van der Waals surface area contributed by atoms with Crippen LogP contribution in [-0.2, 0) is 0 Å². The normalized spacial score (nSPS) is 13.9. The first-order valence-corrected chi connectivity index (χ1v) is 7.21. The number of rotatable bonds is 6. The summed E-state index contributed by atoms with van der Waals surface area (Å²) in [6.07, 6.45) is 1.32. The molecule has 1 rings (SSSR count). The summed E-state index contributed by atoms with van der Waals surface area (Å²) in [5.74, 6) is 0.349. The fraction of sp³-hybridized carbons (Fsp3) is 0.562. The van der Waals surface area contributed by atoms with Crippen molar-refractivity contribution in [2.45, 2.75) is 52.0 Å². The molecule has 0 aliphatic rings. The molecule has 1 aromatic rings. The molecule has 0 radical (unpaired) electrons. The average molecular weight is 278 g/mol. The van der Waals surface area contributed by atoms with Crippen LogP contribution in [-0.4, -0.2) is 23.3 Å². The van der Waals surface area contributed by atoms with E-state index in [4.69, 9.17) is 5.11 Å². The summed E-state index contributed by atoms with van der Waals surface area (Å²) in [6, 6.07) is 7.59. The molecule has 0 aliphatic heterocycles. The Morgan fingerprint density at radius 2 is 2.00 bits per heavy atom. The van der Waals surface area contributed by atoms with Crippen LogP contribution in [0.2, 0.25) is 0 Å². The molecule has 0 saturated heterocycles. The summed E-state index contributed by atoms with van der Waals surface area (Å²) in [7, 11) is 0. The van der Waals surface area contributed by atoms with Gasteiger partial charge in [-0.3, -0.25) is 0 Å². The zero-order chi connectivity index (χ0) is 15.2. The van der Waals surface area contributed by atoms with Crippen LogP contribution in [0.1, 0.15) is 52.0 Å². The van der Waals surface area contributed by atoms with Gasteiger partial charge in [0.05, 0.1) is 0 Å². The van der Waals surface area contributed by atoms with E-state index in [0.717, 1.165) is 17.7 Å². The highest BCUT2D eigenvalue weighted by Crippen LogP contribution is 2.24. The molecule has 4 heteroatoms. The molecule has 0 aliphatic carbocycles. The van der Waals surface area contributed by atoms with Gasteiger partial charge < -0.3 is 15.7 Å². The fourth-order valence-corrected chi connectivity index (χ4v) is 2.12. The van der Waals surface area contributed by atoms with Gasteiger partial charge in [-0.15, -0.1) is 0 Å². The van der Waals surface area contributed by atoms with Crippen molar-refractivity contribution in [1.82, 2.24) is 5.32 Å². The van der Waals surface area contributed by atoms with Crippen molar-refractivity contribution in [2.75, 3.05) is 11.9 Å². The molecule has 3 N–H and O–H groups in total. The SMILES string of the molecule is CCC(C)(CCO)NC(=O)Nc1ccccc1C(C)C. The first-order valence-electron chi connectivity index (χ1n) is 7.21. The van der Waals surface area contributed by atoms with Crippen LogP contribution in [0.25, 0.3) is 0 Å². The van der Waals surface area contributed by atoms with Crippen LogP contribution in [0.5, 0.6) is 0 Å². The van der Waals surface area contributed by atoms with E-state index >= 15 is 0 Å². The second-order valence-electron chi connectivity index (χ2n) is 5.71. The number of hydrogen-bond acceptors (Lipinski definition) is 2. The Bertz CT molecular complexity index is 446. The highest BCUT2D eigenvalue weighted by molar-refractivity contribution is 5.90. The van der Waals surface area contributed by atoms with Crippen LogP contribution < -0.4 is 10.6 Å². The highest BCUT2D eigenvalue weighted by atomic mass is 16.3. The molecule has 0 fully saturated rings. The van der Waals surface area contributed by atoms with Crippen molar-refractivity contribution in [3.8, 4) is 0 Å². The summed E-state index contributed by atoms with van der Waals surface area (Å²) in [5, 5.41) is 14.9. The first kappa shape index (κ1) is 16.5. The molecule has 2 amide bonds. The number of anilines is 1. The molecular weight excluding hydrogens is 252 g/mol. The van der Waals surface area contributed by atoms with Crippen molar-refractivity contribution in [3.05, 3.63) is 29.8 Å². The summed E-state index contributed by atoms with van der Waals surface area (Å²) in [6.45, 7) is 8.20. The van der Waals surface area contributed by atoms with Crippen LogP contribution in [0.15, 0.2) is 24.3 Å². The van der Waals surface area contributed by atoms with E-state index < -0.39 is 0 Å². The minimum Gasteiger partial charge on any atom is -0.396 e. The molecule has 0 bridgehead atoms. The van der Waals surface area contributed by atoms with Crippen molar-refractivity contribution in [2.24, 2.45) is 0 Å². The van der Waals surface area contributed by atoms with Gasteiger partial charge in [0.25, 0.3) is 0 Å². The average Bonchev–Trinajstić information content (AvgIpc) is 2.39. The van der Waals surface area contributed by atoms with Gasteiger partial charge in [0, 0.05) is 17.8 Å². The smallest absolute Gasteiger partial charge is 0.319 e. The Morgan fingerprint density at radius 1 is 1.35 bits per heavy atom. The zero-order valence-electron chi connectivity index (χ0n) is 12.9. The highest BCUT2D eigenvalue weighted by Gasteiger charge is 2.23. The number of aliphatic hydroxyl groups is 1. The third-order valence-corrected chi connectivity index (χ3v) is 3.69. The lowest BCUT2D eigenvalue weighted by atomic mass is 9.95. The van der Waals surface area contributed by atoms with Crippen LogP contribution in [0, 0.1) is 0 Å². The molecule has 0 spiro atoms. The number of aliphatic hydroxyl groups excluding tert-OH is 1. The minimum atomic E-state index is -0.383. The maximum absolute atomic E-state index is 12.1. The molecule has 1 unspecified atom stereocenters. The van der Waals surface area contributed by atoms with Gasteiger partial charge in [0.15, 0.2) is 0 Å². The quantitative estimate of drug-likeness (QED) is 0.746. The summed E-state index contributed by atoms with van der Waals surface area (Å²) >= 11 is 0. The summed E-state index contributed by atoms with van der Waals surface area (Å²) in [5.41, 5.74) is 1.57. The number of urea groups is 1. The zero-order valence-corrected chi connectivity index (χ0v) is 12.9. The van der Waals surface area contributed by atoms with E-state index in [1.54, 1.807) is 0 Å².